The van der Waals surface area contributed by atoms with E-state index in [0.717, 1.165) is 25.3 Å². The lowest BCUT2D eigenvalue weighted by Gasteiger charge is -2.11. The highest BCUT2D eigenvalue weighted by Gasteiger charge is 2.23. The Hall–Kier alpha value is -1.62. The zero-order chi connectivity index (χ0) is 13.1. The number of aliphatic hydroxyl groups is 1. The van der Waals surface area contributed by atoms with Gasteiger partial charge in [0.15, 0.2) is 0 Å². The van der Waals surface area contributed by atoms with Gasteiger partial charge in [0.25, 0.3) is 5.91 Å². The van der Waals surface area contributed by atoms with Crippen LogP contribution in [0.4, 0.5) is 10.1 Å². The number of hydrogen-bond acceptors (Lipinski definition) is 3. The molecule has 5 heteroatoms. The smallest absolute Gasteiger partial charge is 0.251 e. The van der Waals surface area contributed by atoms with Crippen molar-refractivity contribution in [2.75, 3.05) is 12.3 Å². The summed E-state index contributed by atoms with van der Waals surface area (Å²) in [4.78, 5) is 11.8. The summed E-state index contributed by atoms with van der Waals surface area (Å²) in [6.45, 7) is 0.516. The van der Waals surface area contributed by atoms with E-state index in [1.54, 1.807) is 0 Å². The molecule has 0 bridgehead atoms. The second kappa shape index (κ2) is 5.35. The summed E-state index contributed by atoms with van der Waals surface area (Å²) in [5.74, 6) is -0.586. The minimum Gasteiger partial charge on any atom is -0.396 e. The van der Waals surface area contributed by atoms with E-state index < -0.39 is 5.82 Å². The number of amides is 1. The van der Waals surface area contributed by atoms with Crippen LogP contribution in [0.5, 0.6) is 0 Å². The lowest BCUT2D eigenvalue weighted by atomic mass is 10.1. The van der Waals surface area contributed by atoms with Crippen LogP contribution in [-0.2, 0) is 0 Å². The summed E-state index contributed by atoms with van der Waals surface area (Å²) in [5, 5.41) is 12.1. The van der Waals surface area contributed by atoms with Gasteiger partial charge in [0, 0.05) is 12.1 Å². The van der Waals surface area contributed by atoms with Crippen LogP contribution in [0.2, 0.25) is 0 Å². The number of nitrogens with one attached hydrogen (secondary N) is 1. The Bertz CT molecular complexity index is 451. The van der Waals surface area contributed by atoms with Gasteiger partial charge in [-0.25, -0.2) is 4.39 Å². The van der Waals surface area contributed by atoms with Gasteiger partial charge in [-0.15, -0.1) is 0 Å². The van der Waals surface area contributed by atoms with Crippen LogP contribution in [0.3, 0.4) is 0 Å². The van der Waals surface area contributed by atoms with Crippen LogP contribution >= 0.6 is 0 Å². The number of anilines is 1. The molecule has 4 N–H and O–H groups in total. The molecule has 1 aromatic carbocycles. The lowest BCUT2D eigenvalue weighted by molar-refractivity contribution is 0.0944. The Balaban J connectivity index is 1.89. The van der Waals surface area contributed by atoms with Gasteiger partial charge < -0.3 is 16.2 Å². The van der Waals surface area contributed by atoms with Gasteiger partial charge in [0.2, 0.25) is 0 Å². The van der Waals surface area contributed by atoms with Gasteiger partial charge in [-0.1, -0.05) is 0 Å². The molecule has 0 radical (unpaired) electrons. The first-order chi connectivity index (χ1) is 8.56. The highest BCUT2D eigenvalue weighted by atomic mass is 19.1. The first-order valence-corrected chi connectivity index (χ1v) is 6.07. The van der Waals surface area contributed by atoms with E-state index in [1.807, 2.05) is 0 Å². The van der Waals surface area contributed by atoms with Gasteiger partial charge in [0.05, 0.1) is 11.8 Å². The number of halogens is 1. The molecule has 0 spiro atoms. The average molecular weight is 252 g/mol. The first kappa shape index (κ1) is 12.8. The summed E-state index contributed by atoms with van der Waals surface area (Å²) in [5.41, 5.74) is 5.64. The predicted octanol–water partition coefficient (Wildman–Crippen LogP) is 1.30. The van der Waals surface area contributed by atoms with Crippen molar-refractivity contribution >= 4 is 11.6 Å². The van der Waals surface area contributed by atoms with E-state index in [1.165, 1.54) is 12.1 Å². The van der Waals surface area contributed by atoms with Gasteiger partial charge >= 0.3 is 0 Å². The van der Waals surface area contributed by atoms with E-state index in [0.29, 0.717) is 12.5 Å². The third kappa shape index (κ3) is 2.98. The number of rotatable bonds is 3. The molecule has 18 heavy (non-hydrogen) atoms. The number of aliphatic hydroxyl groups excluding tert-OH is 1. The predicted molar refractivity (Wildman–Crippen MR) is 66.5 cm³/mol. The van der Waals surface area contributed by atoms with E-state index in [-0.39, 0.29) is 23.3 Å². The van der Waals surface area contributed by atoms with Gasteiger partial charge in [-0.05, 0) is 43.4 Å². The molecule has 0 saturated heterocycles. The van der Waals surface area contributed by atoms with E-state index >= 15 is 0 Å². The summed E-state index contributed by atoms with van der Waals surface area (Å²) in [6, 6.07) is 4.01. The van der Waals surface area contributed by atoms with E-state index in [2.05, 4.69) is 5.32 Å². The van der Waals surface area contributed by atoms with Crippen LogP contribution in [0, 0.1) is 11.7 Å². The first-order valence-electron chi connectivity index (χ1n) is 6.07. The van der Waals surface area contributed by atoms with Crippen molar-refractivity contribution in [2.45, 2.75) is 25.4 Å². The molecule has 1 aliphatic rings. The van der Waals surface area contributed by atoms with Gasteiger partial charge in [0.1, 0.15) is 5.82 Å². The minimum atomic E-state index is -0.584. The topological polar surface area (TPSA) is 75.4 Å². The van der Waals surface area contributed by atoms with Crippen molar-refractivity contribution in [3.8, 4) is 0 Å². The summed E-state index contributed by atoms with van der Waals surface area (Å²) < 4.78 is 13.2. The molecule has 2 rings (SSSR count). The largest absolute Gasteiger partial charge is 0.396 e. The molecule has 0 heterocycles. The number of nitrogen functional groups attached to an aromatic ring is 1. The van der Waals surface area contributed by atoms with Crippen LogP contribution in [0.1, 0.15) is 29.6 Å². The highest BCUT2D eigenvalue weighted by Crippen LogP contribution is 2.24. The van der Waals surface area contributed by atoms with E-state index in [4.69, 9.17) is 5.73 Å². The van der Waals surface area contributed by atoms with Crippen LogP contribution < -0.4 is 11.1 Å². The number of nitrogens with two attached hydrogens (primary N) is 1. The minimum absolute atomic E-state index is 0.0328. The average Bonchev–Trinajstić information content (AvgIpc) is 2.75. The number of carbonyl (C=O) groups excluding carboxylic acids is 1. The van der Waals surface area contributed by atoms with Crippen molar-refractivity contribution in [1.29, 1.82) is 0 Å². The molecule has 2 atom stereocenters. The van der Waals surface area contributed by atoms with Gasteiger partial charge in [-0.2, -0.15) is 0 Å². The third-order valence-corrected chi connectivity index (χ3v) is 3.33. The van der Waals surface area contributed by atoms with Crippen molar-refractivity contribution < 1.29 is 14.3 Å². The second-order valence-electron chi connectivity index (χ2n) is 4.78. The summed E-state index contributed by atoms with van der Waals surface area (Å²) >= 11 is 0. The maximum atomic E-state index is 13.2. The Labute approximate surface area is 105 Å². The molecule has 1 fully saturated rings. The molecule has 1 amide bonds. The van der Waals surface area contributed by atoms with Crippen molar-refractivity contribution in [3.05, 3.63) is 29.6 Å². The fourth-order valence-electron chi connectivity index (χ4n) is 2.24. The maximum absolute atomic E-state index is 13.2. The lowest BCUT2D eigenvalue weighted by Crippen LogP contribution is -2.28. The molecule has 4 nitrogen and oxygen atoms in total. The zero-order valence-electron chi connectivity index (χ0n) is 10.0. The Kier molecular flexibility index (Phi) is 3.81. The highest BCUT2D eigenvalue weighted by molar-refractivity contribution is 5.94. The van der Waals surface area contributed by atoms with Crippen molar-refractivity contribution in [2.24, 2.45) is 5.92 Å². The number of hydrogen-bond donors (Lipinski definition) is 3. The molecular formula is C13H17FN2O2. The second-order valence-corrected chi connectivity index (χ2v) is 4.78. The number of benzene rings is 1. The molecule has 1 aromatic rings. The van der Waals surface area contributed by atoms with Crippen LogP contribution in [0.25, 0.3) is 0 Å². The molecule has 0 aliphatic heterocycles. The SMILES string of the molecule is Nc1ccc(C(=O)NCC2CCC(O)C2)cc1F. The molecular weight excluding hydrogens is 235 g/mol. The third-order valence-electron chi connectivity index (χ3n) is 3.33. The summed E-state index contributed by atoms with van der Waals surface area (Å²) in [6.07, 6.45) is 2.17. The molecule has 98 valence electrons. The van der Waals surface area contributed by atoms with Gasteiger partial charge in [-0.3, -0.25) is 4.79 Å². The maximum Gasteiger partial charge on any atom is 0.251 e. The fraction of sp³-hybridized carbons (Fsp3) is 0.462. The van der Waals surface area contributed by atoms with Crippen molar-refractivity contribution in [1.82, 2.24) is 5.32 Å². The molecule has 2 unspecified atom stereocenters. The quantitative estimate of drug-likeness (QED) is 0.710. The number of carbonyl (C=O) groups is 1. The van der Waals surface area contributed by atoms with Crippen LogP contribution in [-0.4, -0.2) is 23.7 Å². The van der Waals surface area contributed by atoms with Crippen LogP contribution in [0.15, 0.2) is 18.2 Å². The standard InChI is InChI=1S/C13H17FN2O2/c14-11-6-9(2-4-12(11)15)13(18)16-7-8-1-3-10(17)5-8/h2,4,6,8,10,17H,1,3,5,7,15H2,(H,16,18). The molecule has 1 aliphatic carbocycles. The Morgan fingerprint density at radius 3 is 2.89 bits per heavy atom. The normalized spacial score (nSPS) is 23.0. The zero-order valence-corrected chi connectivity index (χ0v) is 10.0. The monoisotopic (exact) mass is 252 g/mol. The Morgan fingerprint density at radius 1 is 1.50 bits per heavy atom. The fourth-order valence-corrected chi connectivity index (χ4v) is 2.24. The molecule has 1 saturated carbocycles. The van der Waals surface area contributed by atoms with E-state index in [9.17, 15) is 14.3 Å². The molecule has 0 aromatic heterocycles. The Morgan fingerprint density at radius 2 is 2.28 bits per heavy atom. The van der Waals surface area contributed by atoms with Crippen molar-refractivity contribution in [3.63, 3.8) is 0 Å². The summed E-state index contributed by atoms with van der Waals surface area (Å²) in [7, 11) is 0.